The molecule has 0 fully saturated rings. The third kappa shape index (κ3) is 4.65. The van der Waals surface area contributed by atoms with Crippen molar-refractivity contribution in [2.45, 2.75) is 0 Å². The molecule has 0 spiro atoms. The lowest BCUT2D eigenvalue weighted by atomic mass is 10.2. The number of carbonyl (C=O) groups excluding carboxylic acids is 1. The van der Waals surface area contributed by atoms with Crippen molar-refractivity contribution in [3.8, 4) is 5.75 Å². The molecule has 0 radical (unpaired) electrons. The molecule has 0 aliphatic heterocycles. The molecule has 114 valence electrons. The van der Waals surface area contributed by atoms with Crippen LogP contribution in [0.2, 0.25) is 10.0 Å². The topological polar surface area (TPSA) is 75.6 Å². The van der Waals surface area contributed by atoms with E-state index in [1.54, 1.807) is 24.3 Å². The second-order valence-corrected chi connectivity index (χ2v) is 5.20. The van der Waals surface area contributed by atoms with E-state index < -0.39 is 11.9 Å². The Bertz CT molecular complexity index is 698. The highest BCUT2D eigenvalue weighted by Gasteiger charge is 2.07. The van der Waals surface area contributed by atoms with E-state index in [1.165, 1.54) is 18.2 Å². The zero-order valence-electron chi connectivity index (χ0n) is 11.2. The number of carboxylic acid groups (broad SMARTS) is 1. The van der Waals surface area contributed by atoms with Gasteiger partial charge in [0.15, 0.2) is 6.61 Å². The van der Waals surface area contributed by atoms with E-state index >= 15 is 0 Å². The molecule has 0 aromatic heterocycles. The first-order chi connectivity index (χ1) is 10.4. The maximum Gasteiger partial charge on any atom is 0.335 e. The van der Waals surface area contributed by atoms with Gasteiger partial charge in [0.25, 0.3) is 5.91 Å². The lowest BCUT2D eigenvalue weighted by Crippen LogP contribution is -2.20. The number of hydrogen-bond acceptors (Lipinski definition) is 3. The molecule has 1 amide bonds. The van der Waals surface area contributed by atoms with E-state index in [0.29, 0.717) is 21.5 Å². The zero-order chi connectivity index (χ0) is 16.1. The van der Waals surface area contributed by atoms with Gasteiger partial charge in [-0.1, -0.05) is 29.3 Å². The summed E-state index contributed by atoms with van der Waals surface area (Å²) in [5, 5.41) is 12.3. The number of rotatable bonds is 5. The molecule has 0 aliphatic rings. The van der Waals surface area contributed by atoms with Crippen LogP contribution in [0.25, 0.3) is 0 Å². The number of anilines is 1. The molecule has 0 saturated heterocycles. The monoisotopic (exact) mass is 339 g/mol. The highest BCUT2D eigenvalue weighted by Crippen LogP contribution is 2.22. The molecule has 0 atom stereocenters. The third-order valence-electron chi connectivity index (χ3n) is 2.60. The van der Waals surface area contributed by atoms with Gasteiger partial charge in [-0.2, -0.15) is 0 Å². The first kappa shape index (κ1) is 16.1. The fourth-order valence-corrected chi connectivity index (χ4v) is 2.22. The largest absolute Gasteiger partial charge is 0.484 e. The van der Waals surface area contributed by atoms with Crippen molar-refractivity contribution in [1.29, 1.82) is 0 Å². The molecule has 0 saturated carbocycles. The van der Waals surface area contributed by atoms with Gasteiger partial charge >= 0.3 is 5.97 Å². The molecule has 0 heterocycles. The molecule has 5 nitrogen and oxygen atoms in total. The minimum atomic E-state index is -1.07. The van der Waals surface area contributed by atoms with Gasteiger partial charge in [0.1, 0.15) is 5.75 Å². The second-order valence-electron chi connectivity index (χ2n) is 4.33. The Labute approximate surface area is 136 Å². The molecule has 2 aromatic carbocycles. The fraction of sp³-hybridized carbons (Fsp3) is 0.0667. The first-order valence-electron chi connectivity index (χ1n) is 6.16. The maximum atomic E-state index is 11.8. The number of halogens is 2. The van der Waals surface area contributed by atoms with Crippen LogP contribution >= 0.6 is 23.2 Å². The van der Waals surface area contributed by atoms with E-state index in [9.17, 15) is 9.59 Å². The van der Waals surface area contributed by atoms with Crippen molar-refractivity contribution in [3.05, 3.63) is 58.1 Å². The van der Waals surface area contributed by atoms with Crippen molar-refractivity contribution in [2.75, 3.05) is 11.9 Å². The van der Waals surface area contributed by atoms with Crippen LogP contribution in [0.4, 0.5) is 5.69 Å². The SMILES string of the molecule is O=C(COc1cccc(C(=O)O)c1)Nc1cc(Cl)cc(Cl)c1. The Morgan fingerprint density at radius 2 is 1.77 bits per heavy atom. The van der Waals surface area contributed by atoms with E-state index in [-0.39, 0.29) is 12.2 Å². The number of hydrogen-bond donors (Lipinski definition) is 2. The van der Waals surface area contributed by atoms with Gasteiger partial charge in [0, 0.05) is 15.7 Å². The number of amides is 1. The summed E-state index contributed by atoms with van der Waals surface area (Å²) >= 11 is 11.7. The quantitative estimate of drug-likeness (QED) is 0.870. The fourth-order valence-electron chi connectivity index (χ4n) is 1.69. The summed E-state index contributed by atoms with van der Waals surface area (Å²) in [6.07, 6.45) is 0. The van der Waals surface area contributed by atoms with Crippen molar-refractivity contribution < 1.29 is 19.4 Å². The Kier molecular flexibility index (Phi) is 5.25. The molecule has 2 rings (SSSR count). The van der Waals surface area contributed by atoms with E-state index in [2.05, 4.69) is 5.32 Å². The molecule has 0 bridgehead atoms. The number of ether oxygens (including phenoxy) is 1. The van der Waals surface area contributed by atoms with Crippen LogP contribution in [0.1, 0.15) is 10.4 Å². The number of benzene rings is 2. The van der Waals surface area contributed by atoms with Crippen molar-refractivity contribution in [3.63, 3.8) is 0 Å². The summed E-state index contributed by atoms with van der Waals surface area (Å²) in [6.45, 7) is -0.271. The standard InChI is InChI=1S/C15H11Cl2NO4/c16-10-5-11(17)7-12(6-10)18-14(19)8-22-13-3-1-2-9(4-13)15(20)21/h1-7H,8H2,(H,18,19)(H,20,21). The predicted molar refractivity (Wildman–Crippen MR) is 84.0 cm³/mol. The van der Waals surface area contributed by atoms with Gasteiger partial charge in [0.2, 0.25) is 0 Å². The van der Waals surface area contributed by atoms with Crippen LogP contribution in [0.3, 0.4) is 0 Å². The highest BCUT2D eigenvalue weighted by molar-refractivity contribution is 6.35. The summed E-state index contributed by atoms with van der Waals surface area (Å²) in [5.74, 6) is -1.19. The normalized spacial score (nSPS) is 10.1. The Morgan fingerprint density at radius 1 is 1.09 bits per heavy atom. The molecule has 2 N–H and O–H groups in total. The highest BCUT2D eigenvalue weighted by atomic mass is 35.5. The molecular weight excluding hydrogens is 329 g/mol. The van der Waals surface area contributed by atoms with Crippen LogP contribution in [0.5, 0.6) is 5.75 Å². The summed E-state index contributed by atoms with van der Waals surface area (Å²) in [4.78, 5) is 22.6. The van der Waals surface area contributed by atoms with Crippen LogP contribution < -0.4 is 10.1 Å². The van der Waals surface area contributed by atoms with Crippen molar-refractivity contribution in [1.82, 2.24) is 0 Å². The average Bonchev–Trinajstić information content (AvgIpc) is 2.44. The van der Waals surface area contributed by atoms with Gasteiger partial charge in [-0.3, -0.25) is 4.79 Å². The zero-order valence-corrected chi connectivity index (χ0v) is 12.7. The van der Waals surface area contributed by atoms with Crippen molar-refractivity contribution in [2.24, 2.45) is 0 Å². The minimum Gasteiger partial charge on any atom is -0.484 e. The van der Waals surface area contributed by atoms with Crippen LogP contribution in [0, 0.1) is 0 Å². The average molecular weight is 340 g/mol. The third-order valence-corrected chi connectivity index (χ3v) is 3.03. The van der Waals surface area contributed by atoms with Crippen LogP contribution in [0.15, 0.2) is 42.5 Å². The lowest BCUT2D eigenvalue weighted by Gasteiger charge is -2.08. The number of carboxylic acids is 1. The van der Waals surface area contributed by atoms with E-state index in [1.807, 2.05) is 0 Å². The first-order valence-corrected chi connectivity index (χ1v) is 6.92. The minimum absolute atomic E-state index is 0.0829. The Morgan fingerprint density at radius 3 is 2.41 bits per heavy atom. The predicted octanol–water partition coefficient (Wildman–Crippen LogP) is 3.71. The van der Waals surface area contributed by atoms with Gasteiger partial charge in [0.05, 0.1) is 5.56 Å². The number of carbonyl (C=O) groups is 2. The Balaban J connectivity index is 1.95. The van der Waals surface area contributed by atoms with Gasteiger partial charge in [-0.05, 0) is 36.4 Å². The molecule has 22 heavy (non-hydrogen) atoms. The molecular formula is C15H11Cl2NO4. The number of nitrogens with one attached hydrogen (secondary N) is 1. The van der Waals surface area contributed by atoms with Crippen LogP contribution in [-0.4, -0.2) is 23.6 Å². The summed E-state index contributed by atoms with van der Waals surface area (Å²) in [5.41, 5.74) is 0.532. The summed E-state index contributed by atoms with van der Waals surface area (Å²) in [6, 6.07) is 10.5. The van der Waals surface area contributed by atoms with Crippen LogP contribution in [-0.2, 0) is 4.79 Å². The Hall–Kier alpha value is -2.24. The molecule has 7 heteroatoms. The van der Waals surface area contributed by atoms with Crippen molar-refractivity contribution >= 4 is 40.8 Å². The number of aromatic carboxylic acids is 1. The van der Waals surface area contributed by atoms with Gasteiger partial charge in [-0.15, -0.1) is 0 Å². The second kappa shape index (κ2) is 7.15. The summed E-state index contributed by atoms with van der Waals surface area (Å²) < 4.78 is 5.25. The molecule has 0 aliphatic carbocycles. The van der Waals surface area contributed by atoms with Gasteiger partial charge in [-0.25, -0.2) is 4.79 Å². The molecule has 0 unspecified atom stereocenters. The summed E-state index contributed by atoms with van der Waals surface area (Å²) in [7, 11) is 0. The molecule has 2 aromatic rings. The van der Waals surface area contributed by atoms with E-state index in [0.717, 1.165) is 0 Å². The van der Waals surface area contributed by atoms with E-state index in [4.69, 9.17) is 33.0 Å². The van der Waals surface area contributed by atoms with Gasteiger partial charge < -0.3 is 15.2 Å². The smallest absolute Gasteiger partial charge is 0.335 e. The lowest BCUT2D eigenvalue weighted by molar-refractivity contribution is -0.118. The maximum absolute atomic E-state index is 11.8.